The van der Waals surface area contributed by atoms with Crippen LogP contribution in [-0.2, 0) is 7.05 Å². The van der Waals surface area contributed by atoms with E-state index in [0.29, 0.717) is 47.8 Å². The van der Waals surface area contributed by atoms with Gasteiger partial charge in [0, 0.05) is 49.0 Å². The topological polar surface area (TPSA) is 66.5 Å². The summed E-state index contributed by atoms with van der Waals surface area (Å²) in [5, 5.41) is 0. The van der Waals surface area contributed by atoms with Crippen molar-refractivity contribution in [2.75, 3.05) is 12.3 Å². The number of rotatable bonds is 5. The van der Waals surface area contributed by atoms with Crippen LogP contribution in [0.15, 0.2) is 35.3 Å². The Morgan fingerprint density at radius 1 is 1.19 bits per heavy atom. The van der Waals surface area contributed by atoms with Crippen molar-refractivity contribution in [3.63, 3.8) is 0 Å². The van der Waals surface area contributed by atoms with Crippen molar-refractivity contribution in [3.05, 3.63) is 40.8 Å². The van der Waals surface area contributed by atoms with Gasteiger partial charge in [0.25, 0.3) is 5.56 Å². The Balaban J connectivity index is 1.98. The van der Waals surface area contributed by atoms with Crippen molar-refractivity contribution >= 4 is 5.69 Å². The van der Waals surface area contributed by atoms with Gasteiger partial charge in [0.05, 0.1) is 12.7 Å². The molecule has 0 saturated heterocycles. The number of benzene rings is 1. The van der Waals surface area contributed by atoms with E-state index in [-0.39, 0.29) is 24.5 Å². The lowest BCUT2D eigenvalue weighted by Gasteiger charge is -2.29. The highest BCUT2D eigenvalue weighted by atomic mass is 19.3. The molecular formula is C20H24F2N2O3. The van der Waals surface area contributed by atoms with Crippen molar-refractivity contribution in [2.45, 2.75) is 44.6 Å². The van der Waals surface area contributed by atoms with Gasteiger partial charge in [-0.1, -0.05) is 0 Å². The molecular weight excluding hydrogens is 354 g/mol. The molecule has 0 atom stereocenters. The molecule has 1 fully saturated rings. The lowest BCUT2D eigenvalue weighted by atomic mass is 9.94. The maximum Gasteiger partial charge on any atom is 0.254 e. The Kier molecular flexibility index (Phi) is 5.39. The summed E-state index contributed by atoms with van der Waals surface area (Å²) in [5.41, 5.74) is 7.64. The van der Waals surface area contributed by atoms with Crippen molar-refractivity contribution in [1.82, 2.24) is 4.57 Å². The first-order chi connectivity index (χ1) is 12.8. The molecule has 0 bridgehead atoms. The van der Waals surface area contributed by atoms with Crippen LogP contribution in [-0.4, -0.2) is 23.2 Å². The number of halogens is 2. The van der Waals surface area contributed by atoms with Crippen LogP contribution < -0.4 is 20.8 Å². The number of alkyl halides is 2. The minimum atomic E-state index is -2.61. The van der Waals surface area contributed by atoms with Crippen LogP contribution in [0.2, 0.25) is 0 Å². The normalized spacial score (nSPS) is 16.9. The molecule has 1 aromatic carbocycles. The molecule has 0 spiro atoms. The number of anilines is 1. The zero-order chi connectivity index (χ0) is 19.6. The summed E-state index contributed by atoms with van der Waals surface area (Å²) in [6, 6.07) is 6.61. The van der Waals surface area contributed by atoms with Crippen LogP contribution in [0.3, 0.4) is 0 Å². The van der Waals surface area contributed by atoms with E-state index in [9.17, 15) is 13.6 Å². The Hall–Kier alpha value is -2.57. The summed E-state index contributed by atoms with van der Waals surface area (Å²) in [5.74, 6) is -1.63. The Bertz CT molecular complexity index is 870. The van der Waals surface area contributed by atoms with Gasteiger partial charge in [-0.25, -0.2) is 8.78 Å². The van der Waals surface area contributed by atoms with Gasteiger partial charge in [-0.05, 0) is 38.0 Å². The van der Waals surface area contributed by atoms with E-state index >= 15 is 0 Å². The van der Waals surface area contributed by atoms with Gasteiger partial charge >= 0.3 is 0 Å². The van der Waals surface area contributed by atoms with Gasteiger partial charge in [-0.3, -0.25) is 4.79 Å². The number of nitrogen functional groups attached to an aromatic ring is 1. The second-order valence-electron chi connectivity index (χ2n) is 6.86. The molecule has 2 aromatic rings. The number of nitrogens with two attached hydrogens (primary N) is 1. The number of aryl methyl sites for hydroxylation is 1. The molecule has 5 nitrogen and oxygen atoms in total. The fourth-order valence-corrected chi connectivity index (χ4v) is 3.26. The molecule has 0 radical (unpaired) electrons. The van der Waals surface area contributed by atoms with E-state index in [2.05, 4.69) is 0 Å². The van der Waals surface area contributed by atoms with Gasteiger partial charge in [-0.15, -0.1) is 0 Å². The average molecular weight is 378 g/mol. The monoisotopic (exact) mass is 378 g/mol. The quantitative estimate of drug-likeness (QED) is 0.799. The molecule has 7 heteroatoms. The minimum Gasteiger partial charge on any atom is -0.493 e. The van der Waals surface area contributed by atoms with Crippen LogP contribution in [0.5, 0.6) is 11.5 Å². The summed E-state index contributed by atoms with van der Waals surface area (Å²) < 4.78 is 40.0. The Morgan fingerprint density at radius 2 is 1.89 bits per heavy atom. The summed E-state index contributed by atoms with van der Waals surface area (Å²) in [4.78, 5) is 12.0. The second kappa shape index (κ2) is 7.58. The van der Waals surface area contributed by atoms with Crippen LogP contribution in [0.4, 0.5) is 14.5 Å². The molecule has 3 rings (SSSR count). The number of nitrogens with zero attached hydrogens (tertiary/aromatic N) is 1. The summed E-state index contributed by atoms with van der Waals surface area (Å²) >= 11 is 0. The predicted octanol–water partition coefficient (Wildman–Crippen LogP) is 3.99. The fraction of sp³-hybridized carbons (Fsp3) is 0.450. The largest absolute Gasteiger partial charge is 0.493 e. The third-order valence-corrected chi connectivity index (χ3v) is 4.74. The zero-order valence-electron chi connectivity index (χ0n) is 15.5. The van der Waals surface area contributed by atoms with Crippen LogP contribution >= 0.6 is 0 Å². The van der Waals surface area contributed by atoms with Gasteiger partial charge in [0.1, 0.15) is 11.5 Å². The van der Waals surface area contributed by atoms with E-state index in [1.807, 2.05) is 6.92 Å². The van der Waals surface area contributed by atoms with Gasteiger partial charge in [0.15, 0.2) is 0 Å². The molecule has 2 N–H and O–H groups in total. The van der Waals surface area contributed by atoms with Gasteiger partial charge in [-0.2, -0.15) is 0 Å². The first kappa shape index (κ1) is 19.2. The molecule has 1 aliphatic rings. The second-order valence-corrected chi connectivity index (χ2v) is 6.86. The summed E-state index contributed by atoms with van der Waals surface area (Å²) in [6.07, 6.45) is 1.63. The van der Waals surface area contributed by atoms with E-state index in [4.69, 9.17) is 15.2 Å². The van der Waals surface area contributed by atoms with Crippen molar-refractivity contribution in [3.8, 4) is 22.6 Å². The van der Waals surface area contributed by atoms with Crippen molar-refractivity contribution < 1.29 is 18.3 Å². The zero-order valence-corrected chi connectivity index (χ0v) is 15.5. The van der Waals surface area contributed by atoms with E-state index < -0.39 is 5.92 Å². The smallest absolute Gasteiger partial charge is 0.254 e. The maximum absolute atomic E-state index is 13.4. The first-order valence-electron chi connectivity index (χ1n) is 9.07. The number of hydrogen-bond acceptors (Lipinski definition) is 4. The summed E-state index contributed by atoms with van der Waals surface area (Å²) in [7, 11) is 1.65. The van der Waals surface area contributed by atoms with Gasteiger partial charge in [0.2, 0.25) is 5.92 Å². The molecule has 27 heavy (non-hydrogen) atoms. The molecule has 1 aliphatic carbocycles. The van der Waals surface area contributed by atoms with Crippen molar-refractivity contribution in [2.24, 2.45) is 7.05 Å². The van der Waals surface area contributed by atoms with Crippen LogP contribution in [0, 0.1) is 0 Å². The molecule has 0 unspecified atom stereocenters. The number of ether oxygens (including phenoxy) is 2. The number of aromatic nitrogens is 1. The standard InChI is InChI=1S/C20H24F2N2O3/c1-3-26-18-11-19(25)24(2)12-16(18)15-10-13(23)4-5-17(15)27-14-6-8-20(21,22)9-7-14/h4-5,10-12,14H,3,6-9,23H2,1-2H3. The fourth-order valence-electron chi connectivity index (χ4n) is 3.26. The molecule has 0 amide bonds. The van der Waals surface area contributed by atoms with E-state index in [1.54, 1.807) is 31.4 Å². The predicted molar refractivity (Wildman–Crippen MR) is 101 cm³/mol. The van der Waals surface area contributed by atoms with E-state index in [1.165, 1.54) is 10.6 Å². The lowest BCUT2D eigenvalue weighted by Crippen LogP contribution is -2.30. The van der Waals surface area contributed by atoms with Crippen molar-refractivity contribution in [1.29, 1.82) is 0 Å². The third-order valence-electron chi connectivity index (χ3n) is 4.74. The Labute approximate surface area is 156 Å². The SMILES string of the molecule is CCOc1cc(=O)n(C)cc1-c1cc(N)ccc1OC1CCC(F)(F)CC1. The summed E-state index contributed by atoms with van der Waals surface area (Å²) in [6.45, 7) is 2.23. The maximum atomic E-state index is 13.4. The highest BCUT2D eigenvalue weighted by molar-refractivity contribution is 5.77. The molecule has 1 heterocycles. The molecule has 1 saturated carbocycles. The van der Waals surface area contributed by atoms with E-state index in [0.717, 1.165) is 0 Å². The molecule has 0 aliphatic heterocycles. The average Bonchev–Trinajstić information content (AvgIpc) is 2.61. The van der Waals surface area contributed by atoms with Crippen LogP contribution in [0.1, 0.15) is 32.6 Å². The lowest BCUT2D eigenvalue weighted by molar-refractivity contribution is -0.0581. The highest BCUT2D eigenvalue weighted by Gasteiger charge is 2.36. The first-order valence-corrected chi connectivity index (χ1v) is 9.07. The van der Waals surface area contributed by atoms with Gasteiger partial charge < -0.3 is 19.8 Å². The molecule has 1 aromatic heterocycles. The minimum absolute atomic E-state index is 0.175. The van der Waals surface area contributed by atoms with Crippen LogP contribution in [0.25, 0.3) is 11.1 Å². The highest BCUT2D eigenvalue weighted by Crippen LogP contribution is 2.40. The molecule has 146 valence electrons. The Morgan fingerprint density at radius 3 is 2.56 bits per heavy atom. The number of hydrogen-bond donors (Lipinski definition) is 1. The third kappa shape index (κ3) is 4.40. The number of pyridine rings is 1.